The average Bonchev–Trinajstić information content (AvgIpc) is 2.88. The summed E-state index contributed by atoms with van der Waals surface area (Å²) in [5.41, 5.74) is 4.80. The van der Waals surface area contributed by atoms with Gasteiger partial charge in [-0.15, -0.1) is 0 Å². The van der Waals surface area contributed by atoms with Crippen molar-refractivity contribution in [1.82, 2.24) is 5.32 Å². The first-order valence-corrected chi connectivity index (χ1v) is 12.5. The zero-order valence-corrected chi connectivity index (χ0v) is 20.3. The van der Waals surface area contributed by atoms with Gasteiger partial charge in [0.2, 0.25) is 0 Å². The summed E-state index contributed by atoms with van der Waals surface area (Å²) in [5, 5.41) is 3.01. The largest absolute Gasteiger partial charge is 0.351 e. The summed E-state index contributed by atoms with van der Waals surface area (Å²) in [5.74, 6) is -0.921. The van der Waals surface area contributed by atoms with Crippen LogP contribution in [0.1, 0.15) is 44.4 Å². The highest BCUT2D eigenvalue weighted by atomic mass is 127. The smallest absolute Gasteiger partial charge is 0.254 e. The zero-order chi connectivity index (χ0) is 23.0. The van der Waals surface area contributed by atoms with Gasteiger partial charge in [0.15, 0.2) is 0 Å². The molecule has 4 aromatic carbocycles. The second-order valence-electron chi connectivity index (χ2n) is 7.97. The van der Waals surface area contributed by atoms with Crippen LogP contribution in [0.5, 0.6) is 0 Å². The van der Waals surface area contributed by atoms with E-state index in [2.05, 4.69) is 76.4 Å². The molecular formula is C29H25FINO. The SMILES string of the molecule is O=C(NCC(c1ccc(CI)cc1)C(c1ccccc1)c1ccccc1)c1ccccc1F. The number of hydrogen-bond acceptors (Lipinski definition) is 1. The highest BCUT2D eigenvalue weighted by Crippen LogP contribution is 2.38. The van der Waals surface area contributed by atoms with Gasteiger partial charge in [-0.2, -0.15) is 0 Å². The maximum Gasteiger partial charge on any atom is 0.254 e. The molecular weight excluding hydrogens is 524 g/mol. The van der Waals surface area contributed by atoms with E-state index >= 15 is 0 Å². The van der Waals surface area contributed by atoms with Gasteiger partial charge in [-0.05, 0) is 34.4 Å². The first-order chi connectivity index (χ1) is 16.2. The predicted octanol–water partition coefficient (Wildman–Crippen LogP) is 7.11. The summed E-state index contributed by atoms with van der Waals surface area (Å²) in [4.78, 5) is 12.8. The fourth-order valence-corrected chi connectivity index (χ4v) is 4.71. The number of alkyl halides is 1. The van der Waals surface area contributed by atoms with E-state index in [1.165, 1.54) is 28.8 Å². The molecule has 0 aliphatic rings. The van der Waals surface area contributed by atoms with Gasteiger partial charge in [0, 0.05) is 22.8 Å². The lowest BCUT2D eigenvalue weighted by Crippen LogP contribution is -2.32. The second-order valence-corrected chi connectivity index (χ2v) is 8.73. The number of carbonyl (C=O) groups excluding carboxylic acids is 1. The highest BCUT2D eigenvalue weighted by molar-refractivity contribution is 14.1. The van der Waals surface area contributed by atoms with Gasteiger partial charge in [0.1, 0.15) is 5.82 Å². The van der Waals surface area contributed by atoms with Gasteiger partial charge in [0.25, 0.3) is 5.91 Å². The van der Waals surface area contributed by atoms with E-state index < -0.39 is 11.7 Å². The Morgan fingerprint density at radius 1 is 0.727 bits per heavy atom. The lowest BCUT2D eigenvalue weighted by molar-refractivity contribution is 0.0946. The molecule has 0 heterocycles. The topological polar surface area (TPSA) is 29.1 Å². The van der Waals surface area contributed by atoms with E-state index in [0.29, 0.717) is 6.54 Å². The zero-order valence-electron chi connectivity index (χ0n) is 18.1. The van der Waals surface area contributed by atoms with Gasteiger partial charge in [-0.1, -0.05) is 120 Å². The number of nitrogens with one attached hydrogen (secondary N) is 1. The molecule has 0 aliphatic heterocycles. The van der Waals surface area contributed by atoms with Crippen molar-refractivity contribution >= 4 is 28.5 Å². The Hall–Kier alpha value is -2.99. The predicted molar refractivity (Wildman–Crippen MR) is 140 cm³/mol. The minimum atomic E-state index is -0.513. The highest BCUT2D eigenvalue weighted by Gasteiger charge is 2.27. The molecule has 166 valence electrons. The van der Waals surface area contributed by atoms with Gasteiger partial charge < -0.3 is 5.32 Å². The Kier molecular flexibility index (Phi) is 7.89. The molecule has 0 saturated heterocycles. The third-order valence-corrected chi connectivity index (χ3v) is 6.76. The summed E-state index contributed by atoms with van der Waals surface area (Å²) in [6.07, 6.45) is 0. The molecule has 1 N–H and O–H groups in total. The minimum Gasteiger partial charge on any atom is -0.351 e. The van der Waals surface area contributed by atoms with E-state index in [4.69, 9.17) is 0 Å². The van der Waals surface area contributed by atoms with Gasteiger partial charge >= 0.3 is 0 Å². The van der Waals surface area contributed by atoms with Crippen LogP contribution >= 0.6 is 22.6 Å². The lowest BCUT2D eigenvalue weighted by atomic mass is 9.77. The van der Waals surface area contributed by atoms with Crippen LogP contribution in [0.25, 0.3) is 0 Å². The van der Waals surface area contributed by atoms with E-state index in [-0.39, 0.29) is 17.4 Å². The number of amides is 1. The van der Waals surface area contributed by atoms with Gasteiger partial charge in [0.05, 0.1) is 5.56 Å². The third kappa shape index (κ3) is 5.69. The number of benzene rings is 4. The Morgan fingerprint density at radius 3 is 1.82 bits per heavy atom. The maximum atomic E-state index is 14.2. The molecule has 1 amide bonds. The Balaban J connectivity index is 1.73. The first kappa shape index (κ1) is 23.2. The number of rotatable bonds is 8. The maximum absolute atomic E-state index is 14.2. The van der Waals surface area contributed by atoms with Gasteiger partial charge in [-0.3, -0.25) is 4.79 Å². The molecule has 2 nitrogen and oxygen atoms in total. The summed E-state index contributed by atoms with van der Waals surface area (Å²) in [6, 6.07) is 35.4. The molecule has 4 heteroatoms. The number of halogens is 2. The monoisotopic (exact) mass is 549 g/mol. The molecule has 1 unspecified atom stereocenters. The van der Waals surface area contributed by atoms with Crippen molar-refractivity contribution in [3.05, 3.63) is 143 Å². The molecule has 0 aromatic heterocycles. The van der Waals surface area contributed by atoms with Crippen molar-refractivity contribution in [1.29, 1.82) is 0 Å². The average molecular weight is 549 g/mol. The Morgan fingerprint density at radius 2 is 1.27 bits per heavy atom. The minimum absolute atomic E-state index is 0.0266. The molecule has 0 radical (unpaired) electrons. The van der Waals surface area contributed by atoms with Crippen molar-refractivity contribution in [3.8, 4) is 0 Å². The summed E-state index contributed by atoms with van der Waals surface area (Å²) in [6.45, 7) is 0.380. The molecule has 33 heavy (non-hydrogen) atoms. The molecule has 0 fully saturated rings. The Bertz CT molecular complexity index is 1140. The third-order valence-electron chi connectivity index (χ3n) is 5.88. The summed E-state index contributed by atoms with van der Waals surface area (Å²) < 4.78 is 15.1. The van der Waals surface area contributed by atoms with Crippen LogP contribution in [0.3, 0.4) is 0 Å². The summed E-state index contributed by atoms with van der Waals surface area (Å²) >= 11 is 2.36. The first-order valence-electron chi connectivity index (χ1n) is 10.9. The van der Waals surface area contributed by atoms with Crippen molar-refractivity contribution in [2.24, 2.45) is 0 Å². The number of carbonyl (C=O) groups is 1. The molecule has 4 aromatic rings. The van der Waals surface area contributed by atoms with Crippen LogP contribution in [0, 0.1) is 5.82 Å². The van der Waals surface area contributed by atoms with E-state index in [0.717, 1.165) is 9.99 Å². The van der Waals surface area contributed by atoms with Crippen molar-refractivity contribution in [2.75, 3.05) is 6.54 Å². The fourth-order valence-electron chi connectivity index (χ4n) is 4.20. The van der Waals surface area contributed by atoms with Crippen LogP contribution in [0.15, 0.2) is 109 Å². The Labute approximate surface area is 208 Å². The van der Waals surface area contributed by atoms with Crippen LogP contribution in [0.2, 0.25) is 0 Å². The van der Waals surface area contributed by atoms with Crippen LogP contribution in [0.4, 0.5) is 4.39 Å². The van der Waals surface area contributed by atoms with Crippen molar-refractivity contribution in [3.63, 3.8) is 0 Å². The summed E-state index contributed by atoms with van der Waals surface area (Å²) in [7, 11) is 0. The standard InChI is InChI=1S/C29H25FINO/c30-27-14-8-7-13-25(27)29(33)32-20-26(22-17-15-21(19-31)16-18-22)28(23-9-3-1-4-10-23)24-11-5-2-6-12-24/h1-18,26,28H,19-20H2,(H,32,33). The van der Waals surface area contributed by atoms with E-state index in [1.54, 1.807) is 12.1 Å². The molecule has 4 rings (SSSR count). The van der Waals surface area contributed by atoms with Crippen LogP contribution in [-0.4, -0.2) is 12.5 Å². The van der Waals surface area contributed by atoms with Crippen molar-refractivity contribution < 1.29 is 9.18 Å². The fraction of sp³-hybridized carbons (Fsp3) is 0.138. The number of hydrogen-bond donors (Lipinski definition) is 1. The lowest BCUT2D eigenvalue weighted by Gasteiger charge is -2.29. The molecule has 0 aliphatic carbocycles. The van der Waals surface area contributed by atoms with E-state index in [1.807, 2.05) is 36.4 Å². The van der Waals surface area contributed by atoms with E-state index in [9.17, 15) is 9.18 Å². The normalized spacial score (nSPS) is 11.8. The molecule has 1 atom stereocenters. The van der Waals surface area contributed by atoms with Crippen LogP contribution < -0.4 is 5.32 Å². The molecule has 0 bridgehead atoms. The molecule has 0 saturated carbocycles. The van der Waals surface area contributed by atoms with Crippen molar-refractivity contribution in [2.45, 2.75) is 16.3 Å². The van der Waals surface area contributed by atoms with Gasteiger partial charge in [-0.25, -0.2) is 4.39 Å². The quantitative estimate of drug-likeness (QED) is 0.184. The second kappa shape index (κ2) is 11.2. The molecule has 0 spiro atoms. The van der Waals surface area contributed by atoms with Crippen LogP contribution in [-0.2, 0) is 4.43 Å².